The van der Waals surface area contributed by atoms with E-state index in [1.165, 1.54) is 6.07 Å². The van der Waals surface area contributed by atoms with Gasteiger partial charge in [0.25, 0.3) is 0 Å². The van der Waals surface area contributed by atoms with Gasteiger partial charge in [-0.05, 0) is 18.1 Å². The molecule has 8 heteroatoms. The predicted molar refractivity (Wildman–Crippen MR) is 74.2 cm³/mol. The number of aromatic amines is 1. The lowest BCUT2D eigenvalue weighted by Crippen LogP contribution is -2.26. The van der Waals surface area contributed by atoms with Gasteiger partial charge >= 0.3 is 0 Å². The minimum atomic E-state index is -0.630. The van der Waals surface area contributed by atoms with Crippen molar-refractivity contribution >= 4 is 22.8 Å². The standard InChI is InChI=1S/C12H14F2N6/c13-7-3-8-6(5-19-10(8)9(14)4-7)1-2-18-12(17)20-11(15)16/h3-5,19H,1-2H2,(H6,15,16,17,18,20). The van der Waals surface area contributed by atoms with Crippen LogP contribution in [0.25, 0.3) is 10.9 Å². The number of guanidine groups is 2. The minimum Gasteiger partial charge on any atom is -0.370 e. The Morgan fingerprint density at radius 2 is 1.95 bits per heavy atom. The van der Waals surface area contributed by atoms with E-state index < -0.39 is 11.6 Å². The topological polar surface area (TPSA) is 119 Å². The predicted octanol–water partition coefficient (Wildman–Crippen LogP) is 0.577. The van der Waals surface area contributed by atoms with Crippen molar-refractivity contribution in [2.24, 2.45) is 27.2 Å². The zero-order valence-electron chi connectivity index (χ0n) is 10.5. The highest BCUT2D eigenvalue weighted by atomic mass is 19.1. The minimum absolute atomic E-state index is 0.0396. The molecule has 0 fully saturated rings. The number of nitrogens with one attached hydrogen (secondary N) is 1. The third kappa shape index (κ3) is 3.02. The summed E-state index contributed by atoms with van der Waals surface area (Å²) >= 11 is 0. The highest BCUT2D eigenvalue weighted by Crippen LogP contribution is 2.22. The molecule has 106 valence electrons. The van der Waals surface area contributed by atoms with Crippen molar-refractivity contribution in [3.8, 4) is 0 Å². The fraction of sp³-hybridized carbons (Fsp3) is 0.167. The van der Waals surface area contributed by atoms with Crippen LogP contribution >= 0.6 is 0 Å². The maximum atomic E-state index is 13.5. The number of rotatable bonds is 3. The van der Waals surface area contributed by atoms with Gasteiger partial charge in [-0.25, -0.2) is 8.78 Å². The van der Waals surface area contributed by atoms with Crippen LogP contribution in [0, 0.1) is 11.6 Å². The number of H-pyrrole nitrogens is 1. The molecular formula is C12H14F2N6. The van der Waals surface area contributed by atoms with Gasteiger partial charge in [-0.1, -0.05) is 0 Å². The molecule has 0 amide bonds. The molecule has 0 aliphatic carbocycles. The van der Waals surface area contributed by atoms with Crippen molar-refractivity contribution in [2.75, 3.05) is 6.54 Å². The van der Waals surface area contributed by atoms with Crippen LogP contribution in [0.1, 0.15) is 5.56 Å². The zero-order valence-corrected chi connectivity index (χ0v) is 10.5. The first-order valence-electron chi connectivity index (χ1n) is 5.82. The average Bonchev–Trinajstić information content (AvgIpc) is 2.71. The van der Waals surface area contributed by atoms with Crippen molar-refractivity contribution in [1.29, 1.82) is 0 Å². The molecule has 7 N–H and O–H groups in total. The maximum absolute atomic E-state index is 13.5. The lowest BCUT2D eigenvalue weighted by atomic mass is 10.1. The third-order valence-electron chi connectivity index (χ3n) is 2.69. The molecule has 2 rings (SSSR count). The first-order valence-corrected chi connectivity index (χ1v) is 5.82. The molecule has 20 heavy (non-hydrogen) atoms. The Morgan fingerprint density at radius 1 is 1.20 bits per heavy atom. The van der Waals surface area contributed by atoms with E-state index >= 15 is 0 Å². The first kappa shape index (κ1) is 13.8. The van der Waals surface area contributed by atoms with Crippen LogP contribution in [0.2, 0.25) is 0 Å². The molecule has 0 atom stereocenters. The van der Waals surface area contributed by atoms with E-state index in [0.717, 1.165) is 11.6 Å². The van der Waals surface area contributed by atoms with Gasteiger partial charge in [0.15, 0.2) is 5.96 Å². The summed E-state index contributed by atoms with van der Waals surface area (Å²) < 4.78 is 26.7. The highest BCUT2D eigenvalue weighted by Gasteiger charge is 2.09. The molecule has 1 aromatic heterocycles. The molecule has 0 radical (unpaired) electrons. The fourth-order valence-corrected chi connectivity index (χ4v) is 1.88. The van der Waals surface area contributed by atoms with Gasteiger partial charge in [-0.3, -0.25) is 4.99 Å². The summed E-state index contributed by atoms with van der Waals surface area (Å²) in [5.74, 6) is -1.47. The van der Waals surface area contributed by atoms with Crippen molar-refractivity contribution in [2.45, 2.75) is 6.42 Å². The van der Waals surface area contributed by atoms with Crippen LogP contribution < -0.4 is 17.2 Å². The molecule has 0 aliphatic heterocycles. The van der Waals surface area contributed by atoms with Gasteiger partial charge in [0.1, 0.15) is 11.6 Å². The van der Waals surface area contributed by atoms with Gasteiger partial charge in [0.05, 0.1) is 5.52 Å². The summed E-state index contributed by atoms with van der Waals surface area (Å²) in [4.78, 5) is 10.3. The Hall–Kier alpha value is -2.64. The van der Waals surface area contributed by atoms with E-state index in [4.69, 9.17) is 17.2 Å². The molecule has 1 aromatic carbocycles. The van der Waals surface area contributed by atoms with E-state index in [1.54, 1.807) is 6.20 Å². The van der Waals surface area contributed by atoms with E-state index in [9.17, 15) is 8.78 Å². The number of benzene rings is 1. The summed E-state index contributed by atoms with van der Waals surface area (Å²) in [5, 5.41) is 0.484. The number of aliphatic imine (C=N–C) groups is 2. The lowest BCUT2D eigenvalue weighted by Gasteiger charge is -1.99. The summed E-state index contributed by atoms with van der Waals surface area (Å²) in [6.07, 6.45) is 2.06. The molecule has 1 heterocycles. The van der Waals surface area contributed by atoms with E-state index in [2.05, 4.69) is 15.0 Å². The van der Waals surface area contributed by atoms with Gasteiger partial charge in [0.2, 0.25) is 5.96 Å². The molecule has 0 spiro atoms. The second kappa shape index (κ2) is 5.55. The van der Waals surface area contributed by atoms with E-state index in [1.807, 2.05) is 0 Å². The molecule has 0 saturated heterocycles. The van der Waals surface area contributed by atoms with Crippen LogP contribution in [-0.4, -0.2) is 23.4 Å². The number of hydrogen-bond acceptors (Lipinski definition) is 1. The molecule has 2 aromatic rings. The molecular weight excluding hydrogens is 266 g/mol. The van der Waals surface area contributed by atoms with E-state index in [-0.39, 0.29) is 17.4 Å². The quantitative estimate of drug-likeness (QED) is 0.486. The monoisotopic (exact) mass is 280 g/mol. The molecule has 6 nitrogen and oxygen atoms in total. The number of fused-ring (bicyclic) bond motifs is 1. The normalized spacial score (nSPS) is 11.8. The van der Waals surface area contributed by atoms with Gasteiger partial charge in [0, 0.05) is 24.2 Å². The summed E-state index contributed by atoms with van der Waals surface area (Å²) in [6, 6.07) is 2.10. The van der Waals surface area contributed by atoms with Gasteiger partial charge in [-0.15, -0.1) is 0 Å². The number of hydrogen-bond donors (Lipinski definition) is 4. The SMILES string of the molecule is NC(N)=NC(N)=NCCc1c[nH]c2c(F)cc(F)cc12. The van der Waals surface area contributed by atoms with Gasteiger partial charge < -0.3 is 22.2 Å². The largest absolute Gasteiger partial charge is 0.370 e. The zero-order chi connectivity index (χ0) is 14.7. The summed E-state index contributed by atoms with van der Waals surface area (Å²) in [5.41, 5.74) is 16.7. The fourth-order valence-electron chi connectivity index (χ4n) is 1.88. The number of nitrogens with zero attached hydrogens (tertiary/aromatic N) is 2. The highest BCUT2D eigenvalue weighted by molar-refractivity contribution is 5.92. The average molecular weight is 280 g/mol. The van der Waals surface area contributed by atoms with E-state index in [0.29, 0.717) is 18.4 Å². The maximum Gasteiger partial charge on any atom is 0.218 e. The summed E-state index contributed by atoms with van der Waals surface area (Å²) in [6.45, 7) is 0.299. The van der Waals surface area contributed by atoms with Crippen molar-refractivity contribution in [3.05, 3.63) is 35.5 Å². The first-order chi connectivity index (χ1) is 9.47. The second-order valence-electron chi connectivity index (χ2n) is 4.15. The second-order valence-corrected chi connectivity index (χ2v) is 4.15. The van der Waals surface area contributed by atoms with Gasteiger partial charge in [-0.2, -0.15) is 4.99 Å². The van der Waals surface area contributed by atoms with Crippen LogP contribution in [0.15, 0.2) is 28.3 Å². The molecule has 0 aliphatic rings. The molecule has 0 saturated carbocycles. The van der Waals surface area contributed by atoms with Crippen LogP contribution in [0.3, 0.4) is 0 Å². The lowest BCUT2D eigenvalue weighted by molar-refractivity contribution is 0.591. The number of nitrogens with two attached hydrogens (primary N) is 3. The van der Waals surface area contributed by atoms with Crippen molar-refractivity contribution < 1.29 is 8.78 Å². The van der Waals surface area contributed by atoms with Crippen LogP contribution in [0.4, 0.5) is 8.78 Å². The van der Waals surface area contributed by atoms with Crippen molar-refractivity contribution in [1.82, 2.24) is 4.98 Å². The smallest absolute Gasteiger partial charge is 0.218 e. The summed E-state index contributed by atoms with van der Waals surface area (Å²) in [7, 11) is 0. The molecule has 0 bridgehead atoms. The Balaban J connectivity index is 2.17. The third-order valence-corrected chi connectivity index (χ3v) is 2.69. The molecule has 0 unspecified atom stereocenters. The Morgan fingerprint density at radius 3 is 2.65 bits per heavy atom. The number of halogens is 2. The van der Waals surface area contributed by atoms with Crippen LogP contribution in [-0.2, 0) is 6.42 Å². The Bertz CT molecular complexity index is 685. The van der Waals surface area contributed by atoms with Crippen molar-refractivity contribution in [3.63, 3.8) is 0 Å². The Kier molecular flexibility index (Phi) is 3.83. The Labute approximate surface area is 113 Å². The van der Waals surface area contributed by atoms with Crippen LogP contribution in [0.5, 0.6) is 0 Å². The number of aromatic nitrogens is 1.